The Morgan fingerprint density at radius 1 is 0.238 bits per heavy atom. The summed E-state index contributed by atoms with van der Waals surface area (Å²) in [5.41, 5.74) is 15.8. The summed E-state index contributed by atoms with van der Waals surface area (Å²) in [4.78, 5) is 0. The summed E-state index contributed by atoms with van der Waals surface area (Å²) in [7, 11) is -8.29. The first-order valence-corrected chi connectivity index (χ1v) is 36.7. The van der Waals surface area contributed by atoms with Gasteiger partial charge in [-0.3, -0.25) is 0 Å². The zero-order valence-corrected chi connectivity index (χ0v) is 56.2. The van der Waals surface area contributed by atoms with Gasteiger partial charge in [-0.2, -0.15) is 0 Å². The molecule has 6 nitrogen and oxygen atoms in total. The number of benzene rings is 6. The van der Waals surface area contributed by atoms with Crippen LogP contribution >= 0.6 is 15.2 Å². The van der Waals surface area contributed by atoms with Gasteiger partial charge in [-0.05, 0) is 205 Å². The minimum absolute atomic E-state index is 0.515. The van der Waals surface area contributed by atoms with Crippen molar-refractivity contribution >= 4 is 25.8 Å². The van der Waals surface area contributed by atoms with Gasteiger partial charge in [0.1, 0.15) is 23.0 Å². The Kier molecular flexibility index (Phi) is 28.3. The van der Waals surface area contributed by atoms with Crippen LogP contribution in [0.25, 0.3) is 11.1 Å². The van der Waals surface area contributed by atoms with Gasteiger partial charge in [0, 0.05) is 0 Å². The molecule has 0 atom stereocenters. The molecule has 0 heterocycles. The molecule has 6 aromatic carbocycles. The van der Waals surface area contributed by atoms with Crippen molar-refractivity contribution < 1.29 is 27.2 Å². The Morgan fingerprint density at radius 3 is 0.631 bits per heavy atom. The Hall–Kier alpha value is -5.02. The number of rotatable bonds is 39. The molecule has 0 saturated carbocycles. The van der Waals surface area contributed by atoms with Crippen LogP contribution < -0.4 is 28.7 Å². The molecular weight excluding hydrogens is 1070 g/mol. The first-order chi connectivity index (χ1) is 40.9. The van der Waals surface area contributed by atoms with Crippen molar-refractivity contribution in [2.45, 2.75) is 263 Å². The highest BCUT2D eigenvalue weighted by molar-refractivity contribution is 7.63. The zero-order chi connectivity index (χ0) is 60.5. The SMILES string of the molecule is CCCCc1ccc(CCC)c(OP(=O)(Oc2c(CCC)ccc(CCCC)c2CCC)c2ccc(-c3ccc(P(=O)(Oc4c(CCC)ccc(CCCC)c4CCC)Oc4c(CCC)ccc(CCCC)c4CCC)cc3)cc2)c1CCC. The molecule has 0 radical (unpaired) electrons. The summed E-state index contributed by atoms with van der Waals surface area (Å²) in [6.07, 6.45) is 26.5. The highest BCUT2D eigenvalue weighted by Gasteiger charge is 2.38. The van der Waals surface area contributed by atoms with Crippen LogP contribution in [0.3, 0.4) is 0 Å². The van der Waals surface area contributed by atoms with Crippen molar-refractivity contribution in [3.63, 3.8) is 0 Å². The van der Waals surface area contributed by atoms with E-state index in [-0.39, 0.29) is 0 Å². The maximum Gasteiger partial charge on any atom is 0.462 e. The molecule has 0 fully saturated rings. The number of unbranched alkanes of at least 4 members (excludes halogenated alkanes) is 4. The van der Waals surface area contributed by atoms with Gasteiger partial charge in [0.25, 0.3) is 0 Å². The smallest absolute Gasteiger partial charge is 0.412 e. The Balaban J connectivity index is 1.54. The monoisotopic (exact) mass is 1180 g/mol. The third kappa shape index (κ3) is 17.6. The van der Waals surface area contributed by atoms with Crippen LogP contribution in [-0.2, 0) is 86.2 Å². The second-order valence-electron chi connectivity index (χ2n) is 23.6. The van der Waals surface area contributed by atoms with Gasteiger partial charge in [-0.1, -0.05) is 233 Å². The summed E-state index contributed by atoms with van der Waals surface area (Å²) < 4.78 is 62.4. The molecule has 6 aromatic rings. The molecule has 0 bridgehead atoms. The van der Waals surface area contributed by atoms with Crippen LogP contribution in [0, 0.1) is 0 Å². The summed E-state index contributed by atoms with van der Waals surface area (Å²) in [6, 6.07) is 34.0. The Morgan fingerprint density at radius 2 is 0.440 bits per heavy atom. The standard InChI is InChI=1S/C76H108O6P2/c1-13-25-37-59-41-45-63(29-17-5)73(69(59)33-21-9)79-83(77,80-74-64(30-18-6)46-42-60(38-26-14-2)70(74)34-22-10)67-53-49-57(50-54-67)58-51-55-68(56-52-58)84(78,81-75-65(31-19-7)47-43-61(39-27-15-3)71(75)35-23-11)82-76-66(32-20-8)48-44-62(40-28-16-4)72(76)36-24-12/h41-56H,13-40H2,1-12H3. The minimum Gasteiger partial charge on any atom is -0.412 e. The van der Waals surface area contributed by atoms with Crippen molar-refractivity contribution in [3.05, 3.63) is 164 Å². The maximum atomic E-state index is 16.6. The lowest BCUT2D eigenvalue weighted by molar-refractivity contribution is 0.389. The number of hydrogen-bond donors (Lipinski definition) is 0. The molecule has 0 amide bonds. The van der Waals surface area contributed by atoms with Crippen molar-refractivity contribution in [1.82, 2.24) is 0 Å². The van der Waals surface area contributed by atoms with Gasteiger partial charge in [0.15, 0.2) is 0 Å². The molecule has 458 valence electrons. The Bertz CT molecular complexity index is 2700. The molecule has 6 rings (SSSR count). The first-order valence-electron chi connectivity index (χ1n) is 33.6. The fourth-order valence-corrected chi connectivity index (χ4v) is 15.5. The van der Waals surface area contributed by atoms with E-state index >= 15 is 9.13 Å². The lowest BCUT2D eigenvalue weighted by Crippen LogP contribution is -2.18. The van der Waals surface area contributed by atoms with Crippen LogP contribution in [0.4, 0.5) is 0 Å². The molecule has 0 N–H and O–H groups in total. The third-order valence-corrected chi connectivity index (χ3v) is 20.1. The molecule has 0 aliphatic heterocycles. The summed E-state index contributed by atoms with van der Waals surface area (Å²) in [5.74, 6) is 2.92. The first kappa shape index (κ1) is 68.1. The van der Waals surface area contributed by atoms with E-state index in [0.717, 1.165) is 258 Å². The van der Waals surface area contributed by atoms with E-state index in [9.17, 15) is 0 Å². The zero-order valence-electron chi connectivity index (χ0n) is 54.4. The average Bonchev–Trinajstić information content (AvgIpc) is 1.74. The molecule has 0 aliphatic carbocycles. The van der Waals surface area contributed by atoms with Crippen molar-refractivity contribution in [2.75, 3.05) is 0 Å². The van der Waals surface area contributed by atoms with Gasteiger partial charge in [0.05, 0.1) is 10.6 Å². The van der Waals surface area contributed by atoms with Gasteiger partial charge >= 0.3 is 15.2 Å². The van der Waals surface area contributed by atoms with Crippen LogP contribution in [0.2, 0.25) is 0 Å². The van der Waals surface area contributed by atoms with E-state index in [2.05, 4.69) is 132 Å². The van der Waals surface area contributed by atoms with E-state index in [1.807, 2.05) is 48.5 Å². The van der Waals surface area contributed by atoms with Gasteiger partial charge in [-0.25, -0.2) is 9.13 Å². The highest BCUT2D eigenvalue weighted by atomic mass is 31.2. The summed E-state index contributed by atoms with van der Waals surface area (Å²) >= 11 is 0. The highest BCUT2D eigenvalue weighted by Crippen LogP contribution is 2.55. The second kappa shape index (κ2) is 35.0. The lowest BCUT2D eigenvalue weighted by atomic mass is 9.94. The predicted octanol–water partition coefficient (Wildman–Crippen LogP) is 22.3. The molecule has 0 saturated heterocycles. The van der Waals surface area contributed by atoms with Crippen LogP contribution in [0.15, 0.2) is 97.1 Å². The Labute approximate surface area is 511 Å². The van der Waals surface area contributed by atoms with Gasteiger partial charge < -0.3 is 18.1 Å². The number of hydrogen-bond acceptors (Lipinski definition) is 6. The summed E-state index contributed by atoms with van der Waals surface area (Å²) in [6.45, 7) is 26.6. The summed E-state index contributed by atoms with van der Waals surface area (Å²) in [5, 5.41) is 1.03. The molecule has 84 heavy (non-hydrogen) atoms. The fraction of sp³-hybridized carbons (Fsp3) is 0.526. The minimum atomic E-state index is -4.15. The predicted molar refractivity (Wildman–Crippen MR) is 361 cm³/mol. The average molecular weight is 1180 g/mol. The van der Waals surface area contributed by atoms with Crippen LogP contribution in [0.1, 0.15) is 253 Å². The molecule has 8 heteroatoms. The van der Waals surface area contributed by atoms with E-state index in [4.69, 9.17) is 18.1 Å². The van der Waals surface area contributed by atoms with Gasteiger partial charge in [0.2, 0.25) is 0 Å². The maximum absolute atomic E-state index is 16.6. The van der Waals surface area contributed by atoms with E-state index in [1.165, 1.54) is 22.3 Å². The molecule has 0 unspecified atom stereocenters. The lowest BCUT2D eigenvalue weighted by Gasteiger charge is -2.28. The molecule has 0 spiro atoms. The topological polar surface area (TPSA) is 71.1 Å². The van der Waals surface area contributed by atoms with Crippen molar-refractivity contribution in [1.29, 1.82) is 0 Å². The molecule has 0 aromatic heterocycles. The fourth-order valence-electron chi connectivity index (χ4n) is 12.1. The molecular formula is C76H108O6P2. The van der Waals surface area contributed by atoms with Crippen LogP contribution in [-0.4, -0.2) is 0 Å². The van der Waals surface area contributed by atoms with E-state index in [0.29, 0.717) is 10.6 Å². The largest absolute Gasteiger partial charge is 0.462 e. The quantitative estimate of drug-likeness (QED) is 0.0358. The number of aryl methyl sites for hydroxylation is 8. The third-order valence-electron chi connectivity index (χ3n) is 16.6. The van der Waals surface area contributed by atoms with E-state index < -0.39 is 15.2 Å². The van der Waals surface area contributed by atoms with Crippen LogP contribution in [0.5, 0.6) is 23.0 Å². The van der Waals surface area contributed by atoms with Crippen molar-refractivity contribution in [2.24, 2.45) is 0 Å². The van der Waals surface area contributed by atoms with E-state index in [1.54, 1.807) is 0 Å². The normalized spacial score (nSPS) is 11.8. The van der Waals surface area contributed by atoms with Crippen molar-refractivity contribution in [3.8, 4) is 34.1 Å². The molecule has 0 aliphatic rings. The van der Waals surface area contributed by atoms with Gasteiger partial charge in [-0.15, -0.1) is 0 Å². The second-order valence-corrected chi connectivity index (χ2v) is 27.4.